The highest BCUT2D eigenvalue weighted by Gasteiger charge is 2.13. The molecule has 0 bridgehead atoms. The summed E-state index contributed by atoms with van der Waals surface area (Å²) in [5.74, 6) is -0.190. The number of hydrogen-bond acceptors (Lipinski definition) is 6. The summed E-state index contributed by atoms with van der Waals surface area (Å²) in [5, 5.41) is 16.5. The first-order valence-corrected chi connectivity index (χ1v) is 9.59. The monoisotopic (exact) mass is 416 g/mol. The molecule has 1 amide bonds. The van der Waals surface area contributed by atoms with Crippen molar-refractivity contribution in [3.05, 3.63) is 74.6 Å². The number of nitrogens with one attached hydrogen (secondary N) is 1. The van der Waals surface area contributed by atoms with Crippen LogP contribution in [0.3, 0.4) is 0 Å². The number of benzene rings is 2. The molecule has 0 saturated carbocycles. The fourth-order valence-electron chi connectivity index (χ4n) is 2.65. The molecule has 0 spiro atoms. The van der Waals surface area contributed by atoms with Crippen molar-refractivity contribution in [2.24, 2.45) is 0 Å². The van der Waals surface area contributed by atoms with E-state index in [1.165, 1.54) is 23.5 Å². The zero-order valence-electron chi connectivity index (χ0n) is 15.0. The summed E-state index contributed by atoms with van der Waals surface area (Å²) < 4.78 is 0. The SMILES string of the molecule is CN(CC(=O)Nc1nc(-c2cccc([N+](=O)[O-])c2)cs1)Cc1cccc(Cl)c1. The van der Waals surface area contributed by atoms with Crippen LogP contribution in [-0.2, 0) is 11.3 Å². The normalized spacial score (nSPS) is 10.8. The van der Waals surface area contributed by atoms with Gasteiger partial charge in [-0.2, -0.15) is 0 Å². The molecular weight excluding hydrogens is 400 g/mol. The van der Waals surface area contributed by atoms with E-state index in [1.54, 1.807) is 23.6 Å². The zero-order valence-corrected chi connectivity index (χ0v) is 16.5. The third-order valence-electron chi connectivity index (χ3n) is 3.86. The molecule has 7 nitrogen and oxygen atoms in total. The molecular formula is C19H17ClN4O3S. The first-order valence-electron chi connectivity index (χ1n) is 8.34. The van der Waals surface area contributed by atoms with Crippen LogP contribution in [0.2, 0.25) is 5.02 Å². The minimum atomic E-state index is -0.450. The summed E-state index contributed by atoms with van der Waals surface area (Å²) in [4.78, 5) is 28.9. The number of likely N-dealkylation sites (N-methyl/N-ethyl adjacent to an activating group) is 1. The van der Waals surface area contributed by atoms with Gasteiger partial charge in [-0.25, -0.2) is 4.98 Å². The van der Waals surface area contributed by atoms with Gasteiger partial charge in [-0.3, -0.25) is 19.8 Å². The molecule has 0 fully saturated rings. The van der Waals surface area contributed by atoms with E-state index in [0.29, 0.717) is 28.0 Å². The van der Waals surface area contributed by atoms with E-state index in [0.717, 1.165) is 5.56 Å². The van der Waals surface area contributed by atoms with Crippen molar-refractivity contribution in [1.82, 2.24) is 9.88 Å². The second-order valence-corrected chi connectivity index (χ2v) is 7.49. The lowest BCUT2D eigenvalue weighted by Crippen LogP contribution is -2.29. The number of hydrogen-bond donors (Lipinski definition) is 1. The third-order valence-corrected chi connectivity index (χ3v) is 4.85. The van der Waals surface area contributed by atoms with Crippen LogP contribution >= 0.6 is 22.9 Å². The van der Waals surface area contributed by atoms with Gasteiger partial charge >= 0.3 is 0 Å². The number of thiazole rings is 1. The van der Waals surface area contributed by atoms with Crippen molar-refractivity contribution in [1.29, 1.82) is 0 Å². The van der Waals surface area contributed by atoms with E-state index >= 15 is 0 Å². The number of rotatable bonds is 7. The molecule has 0 aliphatic rings. The van der Waals surface area contributed by atoms with E-state index < -0.39 is 4.92 Å². The molecule has 3 aromatic rings. The molecule has 28 heavy (non-hydrogen) atoms. The zero-order chi connectivity index (χ0) is 20.1. The number of halogens is 1. The van der Waals surface area contributed by atoms with Crippen LogP contribution in [0.5, 0.6) is 0 Å². The van der Waals surface area contributed by atoms with E-state index in [4.69, 9.17) is 11.6 Å². The van der Waals surface area contributed by atoms with Gasteiger partial charge in [-0.05, 0) is 24.7 Å². The lowest BCUT2D eigenvalue weighted by molar-refractivity contribution is -0.384. The van der Waals surface area contributed by atoms with Crippen LogP contribution < -0.4 is 5.32 Å². The summed E-state index contributed by atoms with van der Waals surface area (Å²) in [6, 6.07) is 13.7. The maximum Gasteiger partial charge on any atom is 0.270 e. The van der Waals surface area contributed by atoms with Crippen LogP contribution in [0.1, 0.15) is 5.56 Å². The molecule has 0 aliphatic carbocycles. The molecule has 1 heterocycles. The van der Waals surface area contributed by atoms with Gasteiger partial charge in [-0.1, -0.05) is 35.9 Å². The largest absolute Gasteiger partial charge is 0.301 e. The number of nitro groups is 1. The molecule has 9 heteroatoms. The summed E-state index contributed by atoms with van der Waals surface area (Å²) in [6.07, 6.45) is 0. The van der Waals surface area contributed by atoms with Crippen molar-refractivity contribution >= 4 is 39.7 Å². The van der Waals surface area contributed by atoms with Crippen LogP contribution in [0.4, 0.5) is 10.8 Å². The predicted octanol–water partition coefficient (Wildman–Crippen LogP) is 4.44. The third kappa shape index (κ3) is 5.35. The summed E-state index contributed by atoms with van der Waals surface area (Å²) in [7, 11) is 1.84. The minimum absolute atomic E-state index is 0.00118. The molecule has 0 unspecified atom stereocenters. The van der Waals surface area contributed by atoms with Gasteiger partial charge in [0.1, 0.15) is 0 Å². The maximum absolute atomic E-state index is 12.3. The number of carbonyl (C=O) groups excluding carboxylic acids is 1. The summed E-state index contributed by atoms with van der Waals surface area (Å²) in [5.41, 5.74) is 2.23. The number of non-ortho nitro benzene ring substituents is 1. The van der Waals surface area contributed by atoms with Gasteiger partial charge in [0.25, 0.3) is 5.69 Å². The van der Waals surface area contributed by atoms with Crippen molar-refractivity contribution in [2.75, 3.05) is 18.9 Å². The van der Waals surface area contributed by atoms with Crippen molar-refractivity contribution in [3.63, 3.8) is 0 Å². The molecule has 0 saturated heterocycles. The molecule has 144 valence electrons. The average molecular weight is 417 g/mol. The Morgan fingerprint density at radius 3 is 2.82 bits per heavy atom. The van der Waals surface area contributed by atoms with Gasteiger partial charge < -0.3 is 5.32 Å². The standard InChI is InChI=1S/C19H17ClN4O3S/c1-23(10-13-4-2-6-15(20)8-13)11-18(25)22-19-21-17(12-28-19)14-5-3-7-16(9-14)24(26)27/h2-9,12H,10-11H2,1H3,(H,21,22,25). The van der Waals surface area contributed by atoms with Crippen molar-refractivity contribution < 1.29 is 9.72 Å². The highest BCUT2D eigenvalue weighted by atomic mass is 35.5. The number of nitro benzene ring substituents is 1. The van der Waals surface area contributed by atoms with Gasteiger partial charge in [0.2, 0.25) is 5.91 Å². The molecule has 1 N–H and O–H groups in total. The fraction of sp³-hybridized carbons (Fsp3) is 0.158. The molecule has 0 radical (unpaired) electrons. The molecule has 3 rings (SSSR count). The fourth-order valence-corrected chi connectivity index (χ4v) is 3.60. The van der Waals surface area contributed by atoms with Gasteiger partial charge in [0, 0.05) is 34.6 Å². The Bertz CT molecular complexity index is 1010. The number of carbonyl (C=O) groups is 1. The highest BCUT2D eigenvalue weighted by molar-refractivity contribution is 7.14. The average Bonchev–Trinajstić information content (AvgIpc) is 3.10. The Morgan fingerprint density at radius 2 is 2.07 bits per heavy atom. The van der Waals surface area contributed by atoms with Crippen LogP contribution in [0, 0.1) is 10.1 Å². The molecule has 2 aromatic carbocycles. The Hall–Kier alpha value is -2.81. The second kappa shape index (κ2) is 8.92. The van der Waals surface area contributed by atoms with Crippen LogP contribution in [-0.4, -0.2) is 34.3 Å². The number of amides is 1. The smallest absolute Gasteiger partial charge is 0.270 e. The van der Waals surface area contributed by atoms with Gasteiger partial charge in [0.05, 0.1) is 17.2 Å². The first kappa shape index (κ1) is 19.9. The quantitative estimate of drug-likeness (QED) is 0.454. The van der Waals surface area contributed by atoms with Gasteiger partial charge in [-0.15, -0.1) is 11.3 Å². The van der Waals surface area contributed by atoms with Crippen molar-refractivity contribution in [3.8, 4) is 11.3 Å². The van der Waals surface area contributed by atoms with Crippen molar-refractivity contribution in [2.45, 2.75) is 6.54 Å². The molecule has 0 atom stereocenters. The maximum atomic E-state index is 12.3. The Kier molecular flexibility index (Phi) is 6.35. The number of anilines is 1. The first-order chi connectivity index (χ1) is 13.4. The second-order valence-electron chi connectivity index (χ2n) is 6.20. The molecule has 1 aromatic heterocycles. The predicted molar refractivity (Wildman–Crippen MR) is 111 cm³/mol. The Labute approximate surface area is 170 Å². The Morgan fingerprint density at radius 1 is 1.29 bits per heavy atom. The van der Waals surface area contributed by atoms with Crippen LogP contribution in [0.15, 0.2) is 53.9 Å². The Balaban J connectivity index is 1.59. The highest BCUT2D eigenvalue weighted by Crippen LogP contribution is 2.27. The van der Waals surface area contributed by atoms with E-state index in [1.807, 2.05) is 30.1 Å². The minimum Gasteiger partial charge on any atom is -0.301 e. The number of aromatic nitrogens is 1. The van der Waals surface area contributed by atoms with E-state index in [9.17, 15) is 14.9 Å². The van der Waals surface area contributed by atoms with Gasteiger partial charge in [0.15, 0.2) is 5.13 Å². The van der Waals surface area contributed by atoms with E-state index in [2.05, 4.69) is 10.3 Å². The topological polar surface area (TPSA) is 88.4 Å². The summed E-state index contributed by atoms with van der Waals surface area (Å²) >= 11 is 7.25. The summed E-state index contributed by atoms with van der Waals surface area (Å²) in [6.45, 7) is 0.781. The number of nitrogens with zero attached hydrogens (tertiary/aromatic N) is 3. The lowest BCUT2D eigenvalue weighted by Gasteiger charge is -2.15. The molecule has 0 aliphatic heterocycles. The van der Waals surface area contributed by atoms with Crippen LogP contribution in [0.25, 0.3) is 11.3 Å². The lowest BCUT2D eigenvalue weighted by atomic mass is 10.1. The van der Waals surface area contributed by atoms with E-state index in [-0.39, 0.29) is 18.1 Å².